The van der Waals surface area contributed by atoms with Crippen molar-refractivity contribution in [3.05, 3.63) is 0 Å². The summed E-state index contributed by atoms with van der Waals surface area (Å²) in [5.41, 5.74) is 0. The third-order valence-corrected chi connectivity index (χ3v) is 2.99. The van der Waals surface area contributed by atoms with Crippen molar-refractivity contribution in [3.8, 4) is 0 Å². The minimum absolute atomic E-state index is 0. The van der Waals surface area contributed by atoms with E-state index in [9.17, 15) is 19.8 Å². The molecule has 0 aliphatic carbocycles. The second-order valence-corrected chi connectivity index (χ2v) is 6.21. The molecule has 8 atom stereocenters. The van der Waals surface area contributed by atoms with Crippen LogP contribution in [0.2, 0.25) is 0 Å². The second kappa shape index (κ2) is 24.5. The number of hydrogen-bond donors (Lipinski definition) is 10. The third kappa shape index (κ3) is 24.9. The Hall–Kier alpha value is 1.21. The monoisotopic (exact) mass is 652 g/mol. The first-order valence-corrected chi connectivity index (χ1v) is 8.91. The average Bonchev–Trinajstić information content (AvgIpc) is 2.67. The fourth-order valence-electron chi connectivity index (χ4n) is 1.32. The molecule has 10 N–H and O–H groups in total. The summed E-state index contributed by atoms with van der Waals surface area (Å²) in [7, 11) is -5.17. The topological polar surface area (TPSA) is 363 Å². The van der Waals surface area contributed by atoms with Crippen LogP contribution < -0.4 is 69.3 Å². The molecule has 0 heterocycles. The summed E-state index contributed by atoms with van der Waals surface area (Å²) in [5.74, 6) is -3.95. The summed E-state index contributed by atoms with van der Waals surface area (Å²) in [5, 5.41) is 107. The van der Waals surface area contributed by atoms with Crippen molar-refractivity contribution >= 4 is 46.2 Å². The molecule has 0 spiro atoms. The van der Waals surface area contributed by atoms with Crippen molar-refractivity contribution in [2.45, 2.75) is 48.8 Å². The van der Waals surface area contributed by atoms with Crippen LogP contribution in [0.3, 0.4) is 0 Å². The minimum Gasteiger partial charge on any atom is -0.759 e. The number of carboxylic acid groups (broad SMARTS) is 2. The Labute approximate surface area is 253 Å². The molecule has 0 saturated heterocycles. The predicted octanol–water partition coefficient (Wildman–Crippen LogP) is -17.4. The van der Waals surface area contributed by atoms with Crippen LogP contribution in [0.15, 0.2) is 0 Å². The Kier molecular flexibility index (Phi) is 34.9. The van der Waals surface area contributed by atoms with Crippen LogP contribution >= 0.6 is 0 Å². The normalized spacial score (nSPS) is 17.3. The van der Waals surface area contributed by atoms with E-state index in [1.807, 2.05) is 0 Å². The maximum absolute atomic E-state index is 9.98. The van der Waals surface area contributed by atoms with Crippen LogP contribution in [0.25, 0.3) is 0 Å². The molecule has 22 heteroatoms. The maximum atomic E-state index is 9.98. The molecule has 0 saturated carbocycles. The van der Waals surface area contributed by atoms with Gasteiger partial charge < -0.3 is 80.0 Å². The van der Waals surface area contributed by atoms with Crippen molar-refractivity contribution in [2.24, 2.45) is 0 Å². The van der Waals surface area contributed by atoms with Gasteiger partial charge >= 0.3 is 83.0 Å². The van der Waals surface area contributed by atoms with Crippen molar-refractivity contribution in [1.29, 1.82) is 0 Å². The van der Waals surface area contributed by atoms with Gasteiger partial charge in [-0.2, -0.15) is 0 Å². The van der Waals surface area contributed by atoms with Crippen LogP contribution in [0, 0.1) is 0 Å². The van der Waals surface area contributed by atoms with E-state index in [1.165, 1.54) is 0 Å². The van der Waals surface area contributed by atoms with E-state index in [-0.39, 0.29) is 83.0 Å². The van der Waals surface area contributed by atoms with E-state index in [0.29, 0.717) is 0 Å². The molecule has 34 heavy (non-hydrogen) atoms. The van der Waals surface area contributed by atoms with Gasteiger partial charge in [-0.15, -0.1) is 0 Å². The third-order valence-electron chi connectivity index (χ3n) is 2.99. The number of hydrogen-bond acceptors (Lipinski definition) is 18. The zero-order valence-electron chi connectivity index (χ0n) is 17.7. The fraction of sp³-hybridized carbons (Fsp3) is 0.833. The Balaban J connectivity index is -0.0000000897. The molecule has 0 fully saturated rings. The van der Waals surface area contributed by atoms with Gasteiger partial charge in [0.25, 0.3) is 0 Å². The number of aliphatic hydroxyl groups excluding tert-OH is 10. The van der Waals surface area contributed by atoms with Gasteiger partial charge in [-0.25, -0.2) is 0 Å². The molecule has 0 aromatic rings. The summed E-state index contributed by atoms with van der Waals surface area (Å²) in [6.45, 7) is -1.73. The van der Waals surface area contributed by atoms with E-state index >= 15 is 0 Å². The number of carboxylic acids is 2. The summed E-state index contributed by atoms with van der Waals surface area (Å²) >= 11 is 0. The maximum Gasteiger partial charge on any atom is 2.00 e. The van der Waals surface area contributed by atoms with Crippen LogP contribution in [0.4, 0.5) is 0 Å². The zero-order valence-corrected chi connectivity index (χ0v) is 25.3. The molecular formula is C12H22Na2O18SSn. The van der Waals surface area contributed by atoms with Gasteiger partial charge in [0, 0.05) is 10.4 Å². The molecule has 18 nitrogen and oxygen atoms in total. The molecule has 0 aromatic heterocycles. The van der Waals surface area contributed by atoms with E-state index in [0.717, 1.165) is 0 Å². The van der Waals surface area contributed by atoms with Crippen LogP contribution in [-0.2, 0) is 20.0 Å². The Morgan fingerprint density at radius 1 is 0.618 bits per heavy atom. The first-order valence-electron chi connectivity index (χ1n) is 7.58. The quantitative estimate of drug-likeness (QED) is 0.0595. The van der Waals surface area contributed by atoms with Gasteiger partial charge in [-0.1, -0.05) is 0 Å². The molecule has 0 bridgehead atoms. The van der Waals surface area contributed by atoms with Gasteiger partial charge in [0.1, 0.15) is 48.8 Å². The smallest absolute Gasteiger partial charge is 0.759 e. The summed E-state index contributed by atoms with van der Waals surface area (Å²) in [6, 6.07) is 0. The van der Waals surface area contributed by atoms with E-state index in [4.69, 9.17) is 68.6 Å². The molecule has 0 aliphatic rings. The van der Waals surface area contributed by atoms with E-state index in [2.05, 4.69) is 0 Å². The second-order valence-electron chi connectivity index (χ2n) is 5.40. The number of carbonyl (C=O) groups is 2. The van der Waals surface area contributed by atoms with E-state index < -0.39 is 84.4 Å². The van der Waals surface area contributed by atoms with Gasteiger partial charge in [0.05, 0.1) is 25.2 Å². The fourth-order valence-corrected chi connectivity index (χ4v) is 1.32. The molecule has 190 valence electrons. The summed E-state index contributed by atoms with van der Waals surface area (Å²) in [6.07, 6.45) is -16.2. The van der Waals surface area contributed by atoms with Gasteiger partial charge in [-0.3, -0.25) is 8.42 Å². The van der Waals surface area contributed by atoms with Gasteiger partial charge in [0.2, 0.25) is 0 Å². The first-order chi connectivity index (χ1) is 13.8. The Morgan fingerprint density at radius 3 is 0.912 bits per heavy atom. The molecule has 0 aliphatic heterocycles. The SMILES string of the molecule is O=C([O-])[C@H](O)[C@@H](O)[C@H](O)[C@H](O)CO.O=C([O-])[C@H](O)[C@@H](O)[C@H](O)[C@H](O)CO.O=S(=O)([O-])[O-].[Na+].[Na+].[Sn+2]. The average molecular weight is 651 g/mol. The first kappa shape index (κ1) is 48.3. The summed E-state index contributed by atoms with van der Waals surface area (Å²) < 4.78 is 34.1. The Morgan fingerprint density at radius 2 is 0.794 bits per heavy atom. The number of carbonyl (C=O) groups excluding carboxylic acids is 2. The minimum atomic E-state index is -5.17. The standard InChI is InChI=1S/2C6H12O7.2Na.H2O4S.Sn/c2*7-1-2(8)3(9)4(10)5(11)6(12)13;;;1-5(2,3)4;/h2*2-5,7-11H,1H2,(H,12,13);;;(H2,1,2,3,4);/q;;2*+1;;+2/p-4/t2*2-,3-,4+,5-;;;;/m11..../s1. The Bertz CT molecular complexity index is 580. The number of aliphatic hydroxyl groups is 10. The molecule has 0 rings (SSSR count). The zero-order chi connectivity index (χ0) is 25.7. The largest absolute Gasteiger partial charge is 2.00 e. The van der Waals surface area contributed by atoms with Crippen molar-refractivity contribution in [2.75, 3.05) is 13.2 Å². The van der Waals surface area contributed by atoms with Crippen LogP contribution in [0.5, 0.6) is 0 Å². The van der Waals surface area contributed by atoms with Crippen LogP contribution in [0.1, 0.15) is 0 Å². The molecule has 2 radical (unpaired) electrons. The summed E-state index contributed by atoms with van der Waals surface area (Å²) in [4.78, 5) is 20.0. The molecule has 0 unspecified atom stereocenters. The number of rotatable bonds is 10. The predicted molar refractivity (Wildman–Crippen MR) is 88.5 cm³/mol. The van der Waals surface area contributed by atoms with Gasteiger partial charge in [-0.05, 0) is 0 Å². The van der Waals surface area contributed by atoms with Crippen molar-refractivity contribution in [1.82, 2.24) is 0 Å². The van der Waals surface area contributed by atoms with Crippen molar-refractivity contribution in [3.63, 3.8) is 0 Å². The van der Waals surface area contributed by atoms with Crippen LogP contribution in [-0.4, -0.2) is 166 Å². The van der Waals surface area contributed by atoms with Gasteiger partial charge in [0.15, 0.2) is 0 Å². The number of aliphatic carboxylic acids is 2. The molecule has 0 aromatic carbocycles. The molecule has 0 amide bonds. The van der Waals surface area contributed by atoms with E-state index in [1.54, 1.807) is 0 Å². The van der Waals surface area contributed by atoms with Crippen molar-refractivity contribution < 1.29 is 148 Å². The molecular weight excluding hydrogens is 629 g/mol.